The van der Waals surface area contributed by atoms with Crippen molar-refractivity contribution in [1.29, 1.82) is 0 Å². The Balaban J connectivity index is 3.11. The van der Waals surface area contributed by atoms with Gasteiger partial charge in [-0.1, -0.05) is 30.3 Å². The van der Waals surface area contributed by atoms with E-state index in [-0.39, 0.29) is 12.8 Å². The van der Waals surface area contributed by atoms with Crippen LogP contribution in [-0.2, 0) is 35.2 Å². The van der Waals surface area contributed by atoms with Crippen LogP contribution >= 0.6 is 11.8 Å². The van der Waals surface area contributed by atoms with Crippen LogP contribution in [-0.4, -0.2) is 82.0 Å². The zero-order valence-corrected chi connectivity index (χ0v) is 20.5. The van der Waals surface area contributed by atoms with E-state index in [2.05, 4.69) is 16.0 Å². The molecule has 0 aliphatic carbocycles. The van der Waals surface area contributed by atoms with Crippen LogP contribution in [0.15, 0.2) is 30.3 Å². The summed E-state index contributed by atoms with van der Waals surface area (Å²) in [5.41, 5.74) is 11.3. The second-order valence-electron chi connectivity index (χ2n) is 7.87. The van der Waals surface area contributed by atoms with Gasteiger partial charge in [0.25, 0.3) is 0 Å². The Kier molecular flexibility index (Phi) is 13.0. The molecule has 0 spiro atoms. The fourth-order valence-corrected chi connectivity index (χ4v) is 3.54. The zero-order valence-electron chi connectivity index (χ0n) is 19.6. The summed E-state index contributed by atoms with van der Waals surface area (Å²) in [5.74, 6) is -5.74. The predicted octanol–water partition coefficient (Wildman–Crippen LogP) is -1.80. The lowest BCUT2D eigenvalue weighted by atomic mass is 10.0. The molecule has 0 saturated heterocycles. The summed E-state index contributed by atoms with van der Waals surface area (Å²) in [7, 11) is 0. The summed E-state index contributed by atoms with van der Waals surface area (Å²) in [5, 5.41) is 25.3. The number of carbonyl (C=O) groups excluding carboxylic acids is 4. The van der Waals surface area contributed by atoms with Gasteiger partial charge >= 0.3 is 11.9 Å². The third-order valence-corrected chi connectivity index (χ3v) is 5.55. The van der Waals surface area contributed by atoms with Gasteiger partial charge in [0.1, 0.15) is 18.1 Å². The number of thioether (sulfide) groups is 1. The van der Waals surface area contributed by atoms with Crippen molar-refractivity contribution in [3.8, 4) is 0 Å². The fourth-order valence-electron chi connectivity index (χ4n) is 3.07. The minimum atomic E-state index is -1.61. The molecule has 0 fully saturated rings. The number of carboxylic acid groups (broad SMARTS) is 2. The van der Waals surface area contributed by atoms with Crippen molar-refractivity contribution in [2.45, 2.75) is 49.9 Å². The number of aliphatic carboxylic acids is 2. The third-order valence-electron chi connectivity index (χ3n) is 4.91. The molecular weight excluding hydrogens is 494 g/mol. The Labute approximate surface area is 211 Å². The van der Waals surface area contributed by atoms with Crippen LogP contribution in [0, 0.1) is 0 Å². The van der Waals surface area contributed by atoms with E-state index in [0.29, 0.717) is 11.3 Å². The predicted molar refractivity (Wildman–Crippen MR) is 131 cm³/mol. The topological polar surface area (TPSA) is 231 Å². The molecule has 9 N–H and O–H groups in total. The summed E-state index contributed by atoms with van der Waals surface area (Å²) in [6.45, 7) is 0. The highest BCUT2D eigenvalue weighted by atomic mass is 32.2. The first-order chi connectivity index (χ1) is 16.9. The molecule has 1 rings (SSSR count). The van der Waals surface area contributed by atoms with Gasteiger partial charge in [0, 0.05) is 6.42 Å². The number of hydrogen-bond donors (Lipinski definition) is 7. The maximum Gasteiger partial charge on any atom is 0.326 e. The van der Waals surface area contributed by atoms with Crippen LogP contribution in [0.1, 0.15) is 24.8 Å². The van der Waals surface area contributed by atoms with Gasteiger partial charge in [-0.3, -0.25) is 24.0 Å². The van der Waals surface area contributed by atoms with Gasteiger partial charge < -0.3 is 37.6 Å². The number of primary amides is 1. The molecule has 0 radical (unpaired) electrons. The van der Waals surface area contributed by atoms with Gasteiger partial charge in [0.15, 0.2) is 0 Å². The third kappa shape index (κ3) is 11.2. The maximum atomic E-state index is 13.1. The quantitative estimate of drug-likeness (QED) is 0.128. The number of hydrogen-bond acceptors (Lipinski definition) is 8. The van der Waals surface area contributed by atoms with Crippen LogP contribution in [0.2, 0.25) is 0 Å². The van der Waals surface area contributed by atoms with Crippen molar-refractivity contribution in [1.82, 2.24) is 16.0 Å². The first-order valence-electron chi connectivity index (χ1n) is 10.9. The molecule has 0 aromatic heterocycles. The summed E-state index contributed by atoms with van der Waals surface area (Å²) < 4.78 is 0. The number of nitrogens with one attached hydrogen (secondary N) is 3. The number of carboxylic acids is 2. The van der Waals surface area contributed by atoms with Crippen molar-refractivity contribution < 1.29 is 39.0 Å². The van der Waals surface area contributed by atoms with Crippen molar-refractivity contribution in [2.75, 3.05) is 12.0 Å². The lowest BCUT2D eigenvalue weighted by molar-refractivity contribution is -0.143. The largest absolute Gasteiger partial charge is 0.481 e. The molecule has 4 unspecified atom stereocenters. The smallest absolute Gasteiger partial charge is 0.326 e. The van der Waals surface area contributed by atoms with Gasteiger partial charge in [0.2, 0.25) is 23.6 Å². The minimum Gasteiger partial charge on any atom is -0.481 e. The Morgan fingerprint density at radius 2 is 1.42 bits per heavy atom. The lowest BCUT2D eigenvalue weighted by Crippen LogP contribution is -2.58. The Morgan fingerprint density at radius 1 is 0.861 bits per heavy atom. The SMILES string of the molecule is CSCCC(NC(=O)C(N)CC(=O)O)C(=O)NC(Cc1ccccc1)C(=O)NC(CC(N)=O)C(=O)O. The second-order valence-corrected chi connectivity index (χ2v) is 8.85. The number of amides is 4. The van der Waals surface area contributed by atoms with Gasteiger partial charge in [-0.05, 0) is 24.0 Å². The molecule has 0 saturated carbocycles. The highest BCUT2D eigenvalue weighted by Gasteiger charge is 2.31. The van der Waals surface area contributed by atoms with E-state index in [0.717, 1.165) is 0 Å². The van der Waals surface area contributed by atoms with Crippen LogP contribution in [0.25, 0.3) is 0 Å². The molecule has 36 heavy (non-hydrogen) atoms. The summed E-state index contributed by atoms with van der Waals surface area (Å²) in [4.78, 5) is 71.8. The van der Waals surface area contributed by atoms with Crippen molar-refractivity contribution in [3.05, 3.63) is 35.9 Å². The van der Waals surface area contributed by atoms with Gasteiger partial charge in [-0.2, -0.15) is 11.8 Å². The summed E-state index contributed by atoms with van der Waals surface area (Å²) >= 11 is 1.39. The molecule has 0 aliphatic heterocycles. The molecule has 13 nitrogen and oxygen atoms in total. The molecule has 198 valence electrons. The molecule has 0 heterocycles. The summed E-state index contributed by atoms with van der Waals surface area (Å²) in [6.07, 6.45) is 0.614. The average Bonchev–Trinajstić information content (AvgIpc) is 2.80. The highest BCUT2D eigenvalue weighted by molar-refractivity contribution is 7.98. The van der Waals surface area contributed by atoms with Gasteiger partial charge in [-0.15, -0.1) is 0 Å². The fraction of sp³-hybridized carbons (Fsp3) is 0.455. The molecule has 4 atom stereocenters. The van der Waals surface area contributed by atoms with Crippen molar-refractivity contribution in [2.24, 2.45) is 11.5 Å². The normalized spacial score (nSPS) is 13.9. The molecule has 14 heteroatoms. The first-order valence-corrected chi connectivity index (χ1v) is 12.3. The van der Waals surface area contributed by atoms with Gasteiger partial charge in [-0.25, -0.2) is 4.79 Å². The lowest BCUT2D eigenvalue weighted by Gasteiger charge is -2.25. The Bertz CT molecular complexity index is 946. The van der Waals surface area contributed by atoms with Crippen molar-refractivity contribution in [3.63, 3.8) is 0 Å². The molecule has 0 aliphatic rings. The molecule has 1 aromatic carbocycles. The number of nitrogens with two attached hydrogens (primary N) is 2. The molecule has 0 bridgehead atoms. The van der Waals surface area contributed by atoms with Crippen LogP contribution in [0.5, 0.6) is 0 Å². The molecule has 4 amide bonds. The van der Waals surface area contributed by atoms with Gasteiger partial charge in [0.05, 0.1) is 18.9 Å². The first kappa shape index (κ1) is 30.4. The number of carbonyl (C=O) groups is 6. The summed E-state index contributed by atoms with van der Waals surface area (Å²) in [6, 6.07) is 3.17. The standard InChI is InChI=1S/C22H31N5O8S/c1-36-8-7-14(25-19(31)13(23)10-18(29)30)20(32)26-15(9-12-5-3-2-4-6-12)21(33)27-16(22(34)35)11-17(24)28/h2-6,13-16H,7-11,23H2,1H3,(H2,24,28)(H,25,31)(H,26,32)(H,27,33)(H,29,30)(H,34,35). The molecule has 1 aromatic rings. The monoisotopic (exact) mass is 525 g/mol. The zero-order chi connectivity index (χ0) is 27.3. The number of rotatable bonds is 16. The Morgan fingerprint density at radius 3 is 1.94 bits per heavy atom. The van der Waals surface area contributed by atoms with E-state index in [1.54, 1.807) is 36.6 Å². The van der Waals surface area contributed by atoms with Crippen LogP contribution in [0.4, 0.5) is 0 Å². The molecular formula is C22H31N5O8S. The Hall–Kier alpha value is -3.65. The van der Waals surface area contributed by atoms with E-state index >= 15 is 0 Å². The van der Waals surface area contributed by atoms with Crippen molar-refractivity contribution >= 4 is 47.3 Å². The van der Waals surface area contributed by atoms with E-state index in [1.807, 2.05) is 0 Å². The number of benzene rings is 1. The maximum absolute atomic E-state index is 13.1. The van der Waals surface area contributed by atoms with E-state index in [1.165, 1.54) is 11.8 Å². The average molecular weight is 526 g/mol. The van der Waals surface area contributed by atoms with E-state index in [9.17, 15) is 33.9 Å². The highest BCUT2D eigenvalue weighted by Crippen LogP contribution is 2.07. The second kappa shape index (κ2) is 15.4. The minimum absolute atomic E-state index is 0.0248. The van der Waals surface area contributed by atoms with E-state index < -0.39 is 72.6 Å². The van der Waals surface area contributed by atoms with Crippen LogP contribution < -0.4 is 27.4 Å². The van der Waals surface area contributed by atoms with E-state index in [4.69, 9.17) is 16.6 Å². The van der Waals surface area contributed by atoms with Crippen LogP contribution in [0.3, 0.4) is 0 Å².